The lowest BCUT2D eigenvalue weighted by Crippen LogP contribution is -2.43. The van der Waals surface area contributed by atoms with Crippen LogP contribution in [0.5, 0.6) is 0 Å². The third-order valence-electron chi connectivity index (χ3n) is 7.06. The van der Waals surface area contributed by atoms with Gasteiger partial charge < -0.3 is 10.2 Å². The molecule has 32 heavy (non-hydrogen) atoms. The highest BCUT2D eigenvalue weighted by molar-refractivity contribution is 5.75. The van der Waals surface area contributed by atoms with Gasteiger partial charge in [-0.2, -0.15) is 0 Å². The van der Waals surface area contributed by atoms with Crippen LogP contribution in [0.25, 0.3) is 0 Å². The molecule has 170 valence electrons. The van der Waals surface area contributed by atoms with Gasteiger partial charge in [-0.05, 0) is 44.4 Å². The van der Waals surface area contributed by atoms with Crippen LogP contribution in [0.2, 0.25) is 0 Å². The first kappa shape index (κ1) is 21.1. The molecule has 2 aromatic rings. The second kappa shape index (κ2) is 7.99. The van der Waals surface area contributed by atoms with Crippen molar-refractivity contribution in [3.63, 3.8) is 0 Å². The molecular weight excluding hydrogens is 409 g/mol. The molecule has 1 fully saturated rings. The molecule has 5 rings (SSSR count). The van der Waals surface area contributed by atoms with E-state index in [1.807, 2.05) is 23.3 Å². The summed E-state index contributed by atoms with van der Waals surface area (Å²) in [4.78, 5) is 35.0. The topological polar surface area (TPSA) is 70.5 Å². The maximum absolute atomic E-state index is 13.4. The molecule has 2 amide bonds. The zero-order chi connectivity index (χ0) is 22.5. The zero-order valence-electron chi connectivity index (χ0n) is 18.7. The second-order valence-corrected chi connectivity index (χ2v) is 9.71. The maximum Gasteiger partial charge on any atom is 0.317 e. The molecular formula is C24H30FN5O2. The van der Waals surface area contributed by atoms with Crippen molar-refractivity contribution in [1.82, 2.24) is 24.7 Å². The van der Waals surface area contributed by atoms with Crippen LogP contribution < -0.4 is 10.9 Å². The smallest absolute Gasteiger partial charge is 0.317 e. The number of hydrogen-bond donors (Lipinski definition) is 1. The summed E-state index contributed by atoms with van der Waals surface area (Å²) in [7, 11) is 0. The van der Waals surface area contributed by atoms with Crippen LogP contribution in [0.4, 0.5) is 9.18 Å². The Hall–Kier alpha value is -2.74. The van der Waals surface area contributed by atoms with Crippen molar-refractivity contribution in [2.45, 2.75) is 64.2 Å². The van der Waals surface area contributed by atoms with E-state index in [9.17, 15) is 14.0 Å². The van der Waals surface area contributed by atoms with Crippen molar-refractivity contribution in [2.75, 3.05) is 19.6 Å². The summed E-state index contributed by atoms with van der Waals surface area (Å²) < 4.78 is 15.1. The third-order valence-corrected chi connectivity index (χ3v) is 7.06. The average molecular weight is 440 g/mol. The van der Waals surface area contributed by atoms with Crippen molar-refractivity contribution >= 4 is 6.03 Å². The number of carbonyl (C=O) groups is 1. The minimum absolute atomic E-state index is 0.0351. The highest BCUT2D eigenvalue weighted by atomic mass is 19.1. The van der Waals surface area contributed by atoms with E-state index < -0.39 is 0 Å². The Kier molecular flexibility index (Phi) is 5.28. The summed E-state index contributed by atoms with van der Waals surface area (Å²) in [6.45, 7) is 7.95. The lowest BCUT2D eigenvalue weighted by molar-refractivity contribution is 0.202. The fourth-order valence-electron chi connectivity index (χ4n) is 5.37. The molecule has 1 N–H and O–H groups in total. The first-order valence-electron chi connectivity index (χ1n) is 11.5. The summed E-state index contributed by atoms with van der Waals surface area (Å²) >= 11 is 0. The van der Waals surface area contributed by atoms with Crippen LogP contribution in [-0.2, 0) is 31.5 Å². The zero-order valence-corrected chi connectivity index (χ0v) is 18.7. The number of likely N-dealkylation sites (tertiary alicyclic amines) is 1. The van der Waals surface area contributed by atoms with Gasteiger partial charge in [0.25, 0.3) is 5.56 Å². The molecule has 1 spiro atoms. The van der Waals surface area contributed by atoms with E-state index in [1.165, 1.54) is 12.1 Å². The molecule has 3 aliphatic heterocycles. The Labute approximate surface area is 187 Å². The van der Waals surface area contributed by atoms with Gasteiger partial charge in [0.1, 0.15) is 11.6 Å². The highest BCUT2D eigenvalue weighted by Gasteiger charge is 2.48. The molecule has 1 saturated heterocycles. The average Bonchev–Trinajstić information content (AvgIpc) is 3.35. The predicted octanol–water partition coefficient (Wildman–Crippen LogP) is 2.41. The first-order chi connectivity index (χ1) is 15.3. The van der Waals surface area contributed by atoms with Gasteiger partial charge >= 0.3 is 6.03 Å². The number of carbonyl (C=O) groups excluding carboxylic acids is 1. The molecule has 4 heterocycles. The minimum Gasteiger partial charge on any atom is -0.336 e. The fraction of sp³-hybridized carbons (Fsp3) is 0.542. The van der Waals surface area contributed by atoms with Gasteiger partial charge in [0.15, 0.2) is 0 Å². The number of aromatic nitrogens is 2. The van der Waals surface area contributed by atoms with E-state index in [0.29, 0.717) is 32.7 Å². The number of benzene rings is 1. The summed E-state index contributed by atoms with van der Waals surface area (Å²) in [5, 5.41) is 2.98. The van der Waals surface area contributed by atoms with Gasteiger partial charge in [0.05, 0.1) is 11.3 Å². The Morgan fingerprint density at radius 3 is 2.69 bits per heavy atom. The summed E-state index contributed by atoms with van der Waals surface area (Å²) in [5.41, 5.74) is 2.58. The molecule has 1 aromatic carbocycles. The number of rotatable bonds is 3. The maximum atomic E-state index is 13.4. The van der Waals surface area contributed by atoms with Crippen LogP contribution in [0.1, 0.15) is 49.3 Å². The van der Waals surface area contributed by atoms with Gasteiger partial charge in [-0.25, -0.2) is 14.2 Å². The molecule has 0 aliphatic carbocycles. The van der Waals surface area contributed by atoms with Crippen molar-refractivity contribution < 1.29 is 9.18 Å². The van der Waals surface area contributed by atoms with Crippen molar-refractivity contribution in [1.29, 1.82) is 0 Å². The number of nitrogens with one attached hydrogen (secondary N) is 1. The number of hydrogen-bond acceptors (Lipinski definition) is 4. The minimum atomic E-state index is -0.239. The van der Waals surface area contributed by atoms with Crippen LogP contribution in [0, 0.1) is 5.82 Å². The number of amides is 2. The Morgan fingerprint density at radius 2 is 1.94 bits per heavy atom. The fourth-order valence-corrected chi connectivity index (χ4v) is 5.37. The summed E-state index contributed by atoms with van der Waals surface area (Å²) in [6, 6.07) is 6.60. The lowest BCUT2D eigenvalue weighted by Gasteiger charge is -2.30. The molecule has 0 radical (unpaired) electrons. The van der Waals surface area contributed by atoms with E-state index >= 15 is 0 Å². The Bertz CT molecular complexity index is 1100. The molecule has 1 atom stereocenters. The molecule has 0 bridgehead atoms. The van der Waals surface area contributed by atoms with Gasteiger partial charge in [-0.1, -0.05) is 12.1 Å². The van der Waals surface area contributed by atoms with Crippen LogP contribution in [0.15, 0.2) is 29.1 Å². The van der Waals surface area contributed by atoms with Crippen LogP contribution in [0.3, 0.4) is 0 Å². The first-order valence-corrected chi connectivity index (χ1v) is 11.5. The van der Waals surface area contributed by atoms with Crippen LogP contribution in [-0.4, -0.2) is 51.1 Å². The normalized spacial score (nSPS) is 22.4. The molecule has 0 saturated carbocycles. The quantitative estimate of drug-likeness (QED) is 0.798. The molecule has 0 unspecified atom stereocenters. The van der Waals surface area contributed by atoms with Crippen molar-refractivity contribution in [3.8, 4) is 0 Å². The Morgan fingerprint density at radius 1 is 1.19 bits per heavy atom. The van der Waals surface area contributed by atoms with Crippen LogP contribution >= 0.6 is 0 Å². The van der Waals surface area contributed by atoms with Gasteiger partial charge in [0.2, 0.25) is 0 Å². The SMILES string of the molecule is CC(C)NC(=O)N1CC[C@@]2(CCn3c2nc2c(c3=O)CN(Cc3ccc(F)cc3)CC2)C1. The summed E-state index contributed by atoms with van der Waals surface area (Å²) in [5.74, 6) is 0.630. The summed E-state index contributed by atoms with van der Waals surface area (Å²) in [6.07, 6.45) is 2.43. The highest BCUT2D eigenvalue weighted by Crippen LogP contribution is 2.41. The van der Waals surface area contributed by atoms with E-state index in [-0.39, 0.29) is 28.9 Å². The second-order valence-electron chi connectivity index (χ2n) is 9.71. The van der Waals surface area contributed by atoms with Gasteiger partial charge in [-0.15, -0.1) is 0 Å². The van der Waals surface area contributed by atoms with Crippen molar-refractivity contribution in [3.05, 3.63) is 63.1 Å². The molecule has 8 heteroatoms. The number of nitrogens with zero attached hydrogens (tertiary/aromatic N) is 4. The predicted molar refractivity (Wildman–Crippen MR) is 119 cm³/mol. The molecule has 7 nitrogen and oxygen atoms in total. The lowest BCUT2D eigenvalue weighted by atomic mass is 9.85. The number of urea groups is 1. The van der Waals surface area contributed by atoms with Gasteiger partial charge in [-0.3, -0.25) is 14.3 Å². The third kappa shape index (κ3) is 3.70. The monoisotopic (exact) mass is 439 g/mol. The van der Waals surface area contributed by atoms with E-state index in [4.69, 9.17) is 4.98 Å². The Balaban J connectivity index is 1.37. The standard InChI is InChI=1S/C24H30FN5O2/c1-16(2)26-23(32)29-11-8-24(15-29)9-12-30-21(31)19-14-28(10-7-20(19)27-22(24)30)13-17-3-5-18(25)6-4-17/h3-6,16H,7-15H2,1-2H3,(H,26,32)/t24-/m1/s1. The van der Waals surface area contributed by atoms with Gasteiger partial charge in [0, 0.05) is 57.1 Å². The van der Waals surface area contributed by atoms with E-state index in [1.54, 1.807) is 12.1 Å². The molecule has 3 aliphatic rings. The number of halogens is 1. The number of fused-ring (bicyclic) bond motifs is 3. The van der Waals surface area contributed by atoms with E-state index in [0.717, 1.165) is 48.5 Å². The molecule has 1 aromatic heterocycles. The van der Waals surface area contributed by atoms with E-state index in [2.05, 4.69) is 10.2 Å². The largest absolute Gasteiger partial charge is 0.336 e. The van der Waals surface area contributed by atoms with Crippen molar-refractivity contribution in [2.24, 2.45) is 0 Å².